The number of carbonyl (C=O) groups is 4. The van der Waals surface area contributed by atoms with E-state index in [1.165, 1.54) is 0 Å². The van der Waals surface area contributed by atoms with Gasteiger partial charge in [0.1, 0.15) is 12.1 Å². The van der Waals surface area contributed by atoms with E-state index in [0.29, 0.717) is 19.4 Å². The second kappa shape index (κ2) is 14.6. The second-order valence-electron chi connectivity index (χ2n) is 9.38. The Morgan fingerprint density at radius 1 is 0.872 bits per heavy atom. The van der Waals surface area contributed by atoms with Crippen LogP contribution in [-0.2, 0) is 32.0 Å². The van der Waals surface area contributed by atoms with Gasteiger partial charge in [-0.3, -0.25) is 14.4 Å². The van der Waals surface area contributed by atoms with Gasteiger partial charge >= 0.3 is 5.97 Å². The number of carbonyl (C=O) groups excluding carboxylic acids is 3. The summed E-state index contributed by atoms with van der Waals surface area (Å²) in [4.78, 5) is 53.4. The molecule has 0 spiro atoms. The summed E-state index contributed by atoms with van der Waals surface area (Å²) in [5, 5.41) is 18.3. The number of aromatic nitrogens is 1. The molecule has 3 amide bonds. The molecule has 0 saturated heterocycles. The summed E-state index contributed by atoms with van der Waals surface area (Å²) >= 11 is 0. The lowest BCUT2D eigenvalue weighted by Crippen LogP contribution is -2.54. The van der Waals surface area contributed by atoms with E-state index >= 15 is 0 Å². The summed E-state index contributed by atoms with van der Waals surface area (Å²) in [6.45, 7) is 0.123. The molecule has 11 nitrogen and oxygen atoms in total. The van der Waals surface area contributed by atoms with E-state index in [9.17, 15) is 24.3 Å². The molecular formula is C28H36N6O5. The number of nitrogens with two attached hydrogens (primary N) is 2. The van der Waals surface area contributed by atoms with Crippen LogP contribution in [0, 0.1) is 0 Å². The molecule has 0 fully saturated rings. The molecule has 3 atom stereocenters. The highest BCUT2D eigenvalue weighted by Crippen LogP contribution is 2.19. The first-order valence-corrected chi connectivity index (χ1v) is 12.9. The van der Waals surface area contributed by atoms with Crippen molar-refractivity contribution in [3.8, 4) is 0 Å². The summed E-state index contributed by atoms with van der Waals surface area (Å²) in [6.07, 6.45) is 3.80. The van der Waals surface area contributed by atoms with Crippen molar-refractivity contribution < 1.29 is 24.3 Å². The maximum atomic E-state index is 13.3. The largest absolute Gasteiger partial charge is 0.480 e. The van der Waals surface area contributed by atoms with E-state index in [1.54, 1.807) is 30.5 Å². The number of para-hydroxylation sites is 1. The van der Waals surface area contributed by atoms with E-state index in [0.717, 1.165) is 28.5 Å². The van der Waals surface area contributed by atoms with Crippen molar-refractivity contribution in [3.05, 3.63) is 71.9 Å². The first-order valence-electron chi connectivity index (χ1n) is 12.9. The highest BCUT2D eigenvalue weighted by molar-refractivity contribution is 5.93. The molecule has 0 aliphatic heterocycles. The molecule has 11 heteroatoms. The molecule has 39 heavy (non-hydrogen) atoms. The van der Waals surface area contributed by atoms with Gasteiger partial charge in [0.25, 0.3) is 0 Å². The number of carboxylic acid groups (broad SMARTS) is 1. The van der Waals surface area contributed by atoms with Gasteiger partial charge in [0.05, 0.1) is 12.6 Å². The van der Waals surface area contributed by atoms with Crippen LogP contribution in [0.5, 0.6) is 0 Å². The molecule has 208 valence electrons. The fourth-order valence-corrected chi connectivity index (χ4v) is 4.24. The summed E-state index contributed by atoms with van der Waals surface area (Å²) in [6, 6.07) is 13.4. The molecule has 0 radical (unpaired) electrons. The zero-order valence-electron chi connectivity index (χ0n) is 21.7. The first kappa shape index (κ1) is 29.3. The summed E-state index contributed by atoms with van der Waals surface area (Å²) in [7, 11) is 0. The number of H-pyrrole nitrogens is 1. The molecule has 0 saturated carbocycles. The Morgan fingerprint density at radius 2 is 1.59 bits per heavy atom. The van der Waals surface area contributed by atoms with Gasteiger partial charge in [-0.25, -0.2) is 4.79 Å². The molecule has 9 N–H and O–H groups in total. The third kappa shape index (κ3) is 8.94. The molecule has 1 heterocycles. The Morgan fingerprint density at radius 3 is 2.31 bits per heavy atom. The number of fused-ring (bicyclic) bond motifs is 1. The standard InChI is InChI=1S/C28H36N6O5/c29-13-7-6-11-21(30)26(36)32-17-25(35)33-23(15-19-16-31-22-12-5-4-10-20(19)22)27(37)34-24(28(38)39)14-18-8-2-1-3-9-18/h1-5,8-10,12,16,21,23-24,31H,6-7,11,13-15,17,29-30H2,(H,32,36)(H,33,35)(H,34,37)(H,38,39). The van der Waals surface area contributed by atoms with Gasteiger partial charge in [-0.1, -0.05) is 55.0 Å². The molecule has 3 unspecified atom stereocenters. The SMILES string of the molecule is NCCCCC(N)C(=O)NCC(=O)NC(Cc1c[nH]c2ccccc12)C(=O)NC(Cc1ccccc1)C(=O)O. The monoisotopic (exact) mass is 536 g/mol. The van der Waals surface area contributed by atoms with Crippen LogP contribution in [0.3, 0.4) is 0 Å². The lowest BCUT2D eigenvalue weighted by Gasteiger charge is -2.22. The molecule has 0 aliphatic rings. The Balaban J connectivity index is 1.70. The van der Waals surface area contributed by atoms with E-state index in [2.05, 4.69) is 20.9 Å². The number of hydrogen-bond acceptors (Lipinski definition) is 6. The lowest BCUT2D eigenvalue weighted by molar-refractivity contribution is -0.142. The molecule has 3 aromatic rings. The van der Waals surface area contributed by atoms with Crippen LogP contribution >= 0.6 is 0 Å². The minimum absolute atomic E-state index is 0.0772. The van der Waals surface area contributed by atoms with Gasteiger partial charge in [0, 0.05) is 29.9 Å². The molecular weight excluding hydrogens is 500 g/mol. The Labute approximate surface area is 226 Å². The van der Waals surface area contributed by atoms with E-state index in [1.807, 2.05) is 30.3 Å². The average Bonchev–Trinajstić information content (AvgIpc) is 3.34. The highest BCUT2D eigenvalue weighted by atomic mass is 16.4. The van der Waals surface area contributed by atoms with E-state index in [4.69, 9.17) is 11.5 Å². The van der Waals surface area contributed by atoms with Gasteiger partial charge in [0.15, 0.2) is 0 Å². The Hall–Kier alpha value is -4.22. The predicted molar refractivity (Wildman–Crippen MR) is 148 cm³/mol. The van der Waals surface area contributed by atoms with Crippen molar-refractivity contribution >= 4 is 34.6 Å². The molecule has 1 aromatic heterocycles. The molecule has 2 aromatic carbocycles. The molecule has 0 bridgehead atoms. The summed E-state index contributed by atoms with van der Waals surface area (Å²) in [5.41, 5.74) is 13.7. The summed E-state index contributed by atoms with van der Waals surface area (Å²) < 4.78 is 0. The van der Waals surface area contributed by atoms with Gasteiger partial charge in [0.2, 0.25) is 17.7 Å². The van der Waals surface area contributed by atoms with Crippen molar-refractivity contribution in [2.45, 2.75) is 50.2 Å². The van der Waals surface area contributed by atoms with Crippen LogP contribution in [0.15, 0.2) is 60.8 Å². The normalized spacial score (nSPS) is 13.3. The van der Waals surface area contributed by atoms with Crippen molar-refractivity contribution in [2.24, 2.45) is 11.5 Å². The van der Waals surface area contributed by atoms with Crippen LogP contribution in [0.25, 0.3) is 10.9 Å². The Kier molecular flexibility index (Phi) is 11.0. The van der Waals surface area contributed by atoms with E-state index < -0.39 is 41.8 Å². The zero-order valence-corrected chi connectivity index (χ0v) is 21.7. The number of aliphatic carboxylic acids is 1. The number of rotatable bonds is 15. The van der Waals surface area contributed by atoms with Gasteiger partial charge < -0.3 is 37.5 Å². The second-order valence-corrected chi connectivity index (χ2v) is 9.38. The van der Waals surface area contributed by atoms with Gasteiger partial charge in [-0.15, -0.1) is 0 Å². The number of unbranched alkanes of at least 4 members (excludes halogenated alkanes) is 1. The van der Waals surface area contributed by atoms with Crippen LogP contribution in [0.1, 0.15) is 30.4 Å². The van der Waals surface area contributed by atoms with Crippen molar-refractivity contribution in [3.63, 3.8) is 0 Å². The fourth-order valence-electron chi connectivity index (χ4n) is 4.24. The topological polar surface area (TPSA) is 192 Å². The third-order valence-corrected chi connectivity index (χ3v) is 6.38. The predicted octanol–water partition coefficient (Wildman–Crippen LogP) is 0.580. The molecule has 0 aliphatic carbocycles. The number of amides is 3. The number of hydrogen-bond donors (Lipinski definition) is 7. The number of carboxylic acids is 1. The smallest absolute Gasteiger partial charge is 0.326 e. The summed E-state index contributed by atoms with van der Waals surface area (Å²) in [5.74, 6) is -2.93. The van der Waals surface area contributed by atoms with Crippen molar-refractivity contribution in [2.75, 3.05) is 13.1 Å². The van der Waals surface area contributed by atoms with Crippen LogP contribution < -0.4 is 27.4 Å². The van der Waals surface area contributed by atoms with Gasteiger partial charge in [-0.2, -0.15) is 0 Å². The minimum atomic E-state index is -1.20. The average molecular weight is 537 g/mol. The zero-order chi connectivity index (χ0) is 28.2. The third-order valence-electron chi connectivity index (χ3n) is 6.38. The highest BCUT2D eigenvalue weighted by Gasteiger charge is 2.28. The van der Waals surface area contributed by atoms with E-state index in [-0.39, 0.29) is 19.4 Å². The quantitative estimate of drug-likeness (QED) is 0.138. The van der Waals surface area contributed by atoms with Gasteiger partial charge in [-0.05, 0) is 36.6 Å². The van der Waals surface area contributed by atoms with Crippen molar-refractivity contribution in [1.29, 1.82) is 0 Å². The molecule has 3 rings (SSSR count). The Bertz CT molecular complexity index is 1260. The van der Waals surface area contributed by atoms with Crippen LogP contribution in [0.4, 0.5) is 0 Å². The fraction of sp³-hybridized carbons (Fsp3) is 0.357. The number of nitrogens with one attached hydrogen (secondary N) is 4. The minimum Gasteiger partial charge on any atom is -0.480 e. The van der Waals surface area contributed by atoms with Crippen molar-refractivity contribution in [1.82, 2.24) is 20.9 Å². The number of aromatic amines is 1. The lowest BCUT2D eigenvalue weighted by atomic mass is 10.0. The van der Waals surface area contributed by atoms with Crippen LogP contribution in [-0.4, -0.2) is 65.0 Å². The van der Waals surface area contributed by atoms with Crippen LogP contribution in [0.2, 0.25) is 0 Å². The number of benzene rings is 2. The maximum absolute atomic E-state index is 13.3. The first-order chi connectivity index (χ1) is 18.8. The maximum Gasteiger partial charge on any atom is 0.326 e.